The van der Waals surface area contributed by atoms with E-state index in [1.807, 2.05) is 20.8 Å². The molecule has 14 heavy (non-hydrogen) atoms. The minimum atomic E-state index is -0.493. The van der Waals surface area contributed by atoms with Gasteiger partial charge in [0.2, 0.25) is 0 Å². The summed E-state index contributed by atoms with van der Waals surface area (Å²) in [6.07, 6.45) is 2.75. The zero-order valence-electron chi connectivity index (χ0n) is 8.87. The van der Waals surface area contributed by atoms with Crippen LogP contribution in [0.3, 0.4) is 0 Å². The molecule has 0 bridgehead atoms. The summed E-state index contributed by atoms with van der Waals surface area (Å²) in [4.78, 5) is 20.7. The molecule has 0 spiro atoms. The maximum atomic E-state index is 10.8. The van der Waals surface area contributed by atoms with Crippen LogP contribution in [0.15, 0.2) is 12.2 Å². The van der Waals surface area contributed by atoms with Crippen molar-refractivity contribution in [1.29, 1.82) is 0 Å². The zero-order valence-corrected chi connectivity index (χ0v) is 8.87. The second-order valence-electron chi connectivity index (χ2n) is 3.84. The van der Waals surface area contributed by atoms with E-state index in [4.69, 9.17) is 4.74 Å². The molecule has 0 aliphatic heterocycles. The van der Waals surface area contributed by atoms with Gasteiger partial charge < -0.3 is 10.1 Å². The first-order valence-corrected chi connectivity index (χ1v) is 4.49. The van der Waals surface area contributed by atoms with Gasteiger partial charge in [0.15, 0.2) is 0 Å². The summed E-state index contributed by atoms with van der Waals surface area (Å²) in [5.41, 5.74) is 0.0189. The smallest absolute Gasteiger partial charge is 0.330 e. The van der Waals surface area contributed by atoms with Gasteiger partial charge in [0.1, 0.15) is 12.9 Å². The molecule has 0 radical (unpaired) electrons. The monoisotopic (exact) mass is 199 g/mol. The van der Waals surface area contributed by atoms with Crippen molar-refractivity contribution in [2.24, 2.45) is 0 Å². The van der Waals surface area contributed by atoms with Crippen molar-refractivity contribution >= 4 is 12.3 Å². The number of esters is 1. The molecule has 4 heteroatoms. The minimum Gasteiger partial charge on any atom is -0.461 e. The molecule has 0 unspecified atom stereocenters. The van der Waals surface area contributed by atoms with Gasteiger partial charge >= 0.3 is 5.97 Å². The van der Waals surface area contributed by atoms with Crippen molar-refractivity contribution in [2.75, 3.05) is 13.2 Å². The molecule has 0 heterocycles. The Morgan fingerprint density at radius 1 is 1.43 bits per heavy atom. The molecule has 0 aromatic carbocycles. The van der Waals surface area contributed by atoms with Crippen molar-refractivity contribution in [3.05, 3.63) is 12.2 Å². The van der Waals surface area contributed by atoms with Gasteiger partial charge in [0, 0.05) is 18.2 Å². The average molecular weight is 199 g/mol. The van der Waals surface area contributed by atoms with Crippen LogP contribution in [0.5, 0.6) is 0 Å². The molecule has 0 aliphatic rings. The number of hydrogen-bond acceptors (Lipinski definition) is 4. The Hall–Kier alpha value is -1.16. The molecule has 0 saturated heterocycles. The van der Waals surface area contributed by atoms with Gasteiger partial charge in [0.05, 0.1) is 0 Å². The fourth-order valence-corrected chi connectivity index (χ4v) is 0.744. The van der Waals surface area contributed by atoms with Gasteiger partial charge in [-0.1, -0.05) is 0 Å². The largest absolute Gasteiger partial charge is 0.461 e. The second-order valence-corrected chi connectivity index (χ2v) is 3.84. The normalized spacial score (nSPS) is 11.6. The van der Waals surface area contributed by atoms with E-state index in [0.29, 0.717) is 19.4 Å². The summed E-state index contributed by atoms with van der Waals surface area (Å²) in [6, 6.07) is 0. The minimum absolute atomic E-state index is 0.0189. The molecule has 80 valence electrons. The number of allylic oxidation sites excluding steroid dienone is 1. The van der Waals surface area contributed by atoms with Crippen molar-refractivity contribution in [2.45, 2.75) is 26.3 Å². The lowest BCUT2D eigenvalue weighted by Gasteiger charge is -2.19. The molecule has 0 aromatic heterocycles. The molecule has 0 saturated carbocycles. The van der Waals surface area contributed by atoms with Gasteiger partial charge in [-0.2, -0.15) is 0 Å². The average Bonchev–Trinajstić information content (AvgIpc) is 2.07. The number of ether oxygens (including phenoxy) is 1. The summed E-state index contributed by atoms with van der Waals surface area (Å²) in [5.74, 6) is -0.493. The summed E-state index contributed by atoms with van der Waals surface area (Å²) in [7, 11) is 0. The number of carbonyl (C=O) groups is 2. The Kier molecular flexibility index (Phi) is 5.79. The van der Waals surface area contributed by atoms with Gasteiger partial charge in [-0.3, -0.25) is 4.79 Å². The first kappa shape index (κ1) is 12.8. The van der Waals surface area contributed by atoms with Crippen LogP contribution in [0.25, 0.3) is 0 Å². The lowest BCUT2D eigenvalue weighted by atomic mass is 10.1. The van der Waals surface area contributed by atoms with E-state index in [-0.39, 0.29) is 5.54 Å². The zero-order chi connectivity index (χ0) is 11.0. The van der Waals surface area contributed by atoms with E-state index in [1.165, 1.54) is 0 Å². The summed E-state index contributed by atoms with van der Waals surface area (Å²) in [6.45, 7) is 6.99. The van der Waals surface area contributed by atoms with E-state index in [9.17, 15) is 9.59 Å². The maximum absolute atomic E-state index is 10.8. The third-order valence-electron chi connectivity index (χ3n) is 1.31. The lowest BCUT2D eigenvalue weighted by Crippen LogP contribution is -2.38. The number of carbonyl (C=O) groups excluding carboxylic acids is 2. The SMILES string of the molecule is CC(C)(C)NCCOC(=O)/C=C/C=O. The second kappa shape index (κ2) is 6.32. The van der Waals surface area contributed by atoms with Crippen LogP contribution in [-0.4, -0.2) is 30.9 Å². The maximum Gasteiger partial charge on any atom is 0.330 e. The fraction of sp³-hybridized carbons (Fsp3) is 0.600. The molecular weight excluding hydrogens is 182 g/mol. The molecule has 0 fully saturated rings. The highest BCUT2D eigenvalue weighted by Crippen LogP contribution is 1.96. The van der Waals surface area contributed by atoms with Gasteiger partial charge in [-0.25, -0.2) is 4.79 Å². The lowest BCUT2D eigenvalue weighted by molar-refractivity contribution is -0.137. The van der Waals surface area contributed by atoms with Gasteiger partial charge in [0.25, 0.3) is 0 Å². The van der Waals surface area contributed by atoms with Crippen molar-refractivity contribution in [3.63, 3.8) is 0 Å². The molecule has 0 rings (SSSR count). The molecule has 0 aliphatic carbocycles. The van der Waals surface area contributed by atoms with E-state index in [0.717, 1.165) is 12.2 Å². The van der Waals surface area contributed by atoms with Crippen LogP contribution in [-0.2, 0) is 14.3 Å². The standard InChI is InChI=1S/C10H17NO3/c1-10(2,3)11-6-8-14-9(13)5-4-7-12/h4-5,7,11H,6,8H2,1-3H3/b5-4+. The van der Waals surface area contributed by atoms with E-state index in [2.05, 4.69) is 5.32 Å². The fourth-order valence-electron chi connectivity index (χ4n) is 0.744. The first-order chi connectivity index (χ1) is 6.45. The van der Waals surface area contributed by atoms with Crippen LogP contribution in [0.4, 0.5) is 0 Å². The van der Waals surface area contributed by atoms with Crippen LogP contribution in [0.1, 0.15) is 20.8 Å². The molecule has 4 nitrogen and oxygen atoms in total. The highest BCUT2D eigenvalue weighted by Gasteiger charge is 2.07. The molecule has 1 N–H and O–H groups in total. The summed E-state index contributed by atoms with van der Waals surface area (Å²) in [5, 5.41) is 3.16. The Morgan fingerprint density at radius 2 is 2.07 bits per heavy atom. The van der Waals surface area contributed by atoms with Crippen LogP contribution in [0.2, 0.25) is 0 Å². The third kappa shape index (κ3) is 8.93. The van der Waals surface area contributed by atoms with Crippen molar-refractivity contribution < 1.29 is 14.3 Å². The van der Waals surface area contributed by atoms with Crippen LogP contribution < -0.4 is 5.32 Å². The molecule has 0 amide bonds. The number of nitrogens with one attached hydrogen (secondary N) is 1. The Labute approximate surface area is 84.3 Å². The summed E-state index contributed by atoms with van der Waals surface area (Å²) >= 11 is 0. The van der Waals surface area contributed by atoms with Crippen molar-refractivity contribution in [1.82, 2.24) is 5.32 Å². The summed E-state index contributed by atoms with van der Waals surface area (Å²) < 4.78 is 4.79. The van der Waals surface area contributed by atoms with Crippen LogP contribution >= 0.6 is 0 Å². The Bertz CT molecular complexity index is 216. The number of aldehydes is 1. The highest BCUT2D eigenvalue weighted by molar-refractivity contribution is 5.86. The molecule has 0 aromatic rings. The molecular formula is C10H17NO3. The number of hydrogen-bond donors (Lipinski definition) is 1. The van der Waals surface area contributed by atoms with Crippen molar-refractivity contribution in [3.8, 4) is 0 Å². The first-order valence-electron chi connectivity index (χ1n) is 4.49. The number of rotatable bonds is 5. The predicted octanol–water partition coefficient (Wildman–Crippen LogP) is 0.673. The van der Waals surface area contributed by atoms with Gasteiger partial charge in [-0.05, 0) is 26.8 Å². The molecule has 0 atom stereocenters. The van der Waals surface area contributed by atoms with E-state index in [1.54, 1.807) is 0 Å². The third-order valence-corrected chi connectivity index (χ3v) is 1.31. The predicted molar refractivity (Wildman–Crippen MR) is 53.9 cm³/mol. The topological polar surface area (TPSA) is 55.4 Å². The Balaban J connectivity index is 3.50. The Morgan fingerprint density at radius 3 is 2.57 bits per heavy atom. The highest BCUT2D eigenvalue weighted by atomic mass is 16.5. The van der Waals surface area contributed by atoms with E-state index < -0.39 is 5.97 Å². The van der Waals surface area contributed by atoms with Gasteiger partial charge in [-0.15, -0.1) is 0 Å². The quantitative estimate of drug-likeness (QED) is 0.306. The van der Waals surface area contributed by atoms with Crippen LogP contribution in [0, 0.1) is 0 Å². The van der Waals surface area contributed by atoms with E-state index >= 15 is 0 Å².